The molecule has 0 N–H and O–H groups in total. The average Bonchev–Trinajstić information content (AvgIpc) is 2.42. The molecule has 0 unspecified atom stereocenters. The van der Waals surface area contributed by atoms with Crippen molar-refractivity contribution in [1.29, 1.82) is 0 Å². The third-order valence-electron chi connectivity index (χ3n) is 2.95. The highest BCUT2D eigenvalue weighted by atomic mass is 32.2. The van der Waals surface area contributed by atoms with Crippen LogP contribution in [0.2, 0.25) is 0 Å². The molecule has 4 heteroatoms. The van der Waals surface area contributed by atoms with E-state index in [-0.39, 0.29) is 0 Å². The van der Waals surface area contributed by atoms with Gasteiger partial charge >= 0.3 is 0 Å². The fraction of sp³-hybridized carbons (Fsp3) is 0.286. The molecule has 0 radical (unpaired) electrons. The fourth-order valence-corrected chi connectivity index (χ4v) is 2.93. The summed E-state index contributed by atoms with van der Waals surface area (Å²) in [6.45, 7) is 3.29. The van der Waals surface area contributed by atoms with E-state index >= 15 is 0 Å². The lowest BCUT2D eigenvalue weighted by Gasteiger charge is -2.24. The number of allylic oxidation sites excluding steroid dienone is 2. The van der Waals surface area contributed by atoms with Crippen LogP contribution in [-0.2, 0) is 0 Å². The number of pyridine rings is 1. The Morgan fingerprint density at radius 1 is 1.39 bits per heavy atom. The van der Waals surface area contributed by atoms with Gasteiger partial charge in [0.05, 0.1) is 22.5 Å². The van der Waals surface area contributed by atoms with E-state index in [0.717, 1.165) is 17.9 Å². The molecule has 0 saturated heterocycles. The van der Waals surface area contributed by atoms with Crippen molar-refractivity contribution < 1.29 is 0 Å². The first-order valence-electron chi connectivity index (χ1n) is 6.23. The molecule has 2 aliphatic rings. The van der Waals surface area contributed by atoms with Gasteiger partial charge in [0.25, 0.3) is 0 Å². The quantitative estimate of drug-likeness (QED) is 0.826. The van der Waals surface area contributed by atoms with Gasteiger partial charge in [0.2, 0.25) is 0 Å². The zero-order chi connectivity index (χ0) is 12.4. The van der Waals surface area contributed by atoms with Gasteiger partial charge < -0.3 is 4.90 Å². The molecule has 0 amide bonds. The summed E-state index contributed by atoms with van der Waals surface area (Å²) in [7, 11) is 0. The Balaban J connectivity index is 1.87. The SMILES string of the molecule is CCCCN1C=CC2=Nc3cnccc3SC2=C1. The van der Waals surface area contributed by atoms with E-state index in [0.29, 0.717) is 0 Å². The monoisotopic (exact) mass is 257 g/mol. The molecule has 0 bridgehead atoms. The molecule has 0 saturated carbocycles. The first-order chi connectivity index (χ1) is 8.86. The van der Waals surface area contributed by atoms with Gasteiger partial charge in [0.15, 0.2) is 0 Å². The Labute approximate surface area is 111 Å². The summed E-state index contributed by atoms with van der Waals surface area (Å²) in [6, 6.07) is 2.02. The predicted molar refractivity (Wildman–Crippen MR) is 76.0 cm³/mol. The van der Waals surface area contributed by atoms with Gasteiger partial charge in [-0.2, -0.15) is 0 Å². The van der Waals surface area contributed by atoms with Crippen LogP contribution in [0.1, 0.15) is 19.8 Å². The summed E-state index contributed by atoms with van der Waals surface area (Å²) in [5.74, 6) is 0. The summed E-state index contributed by atoms with van der Waals surface area (Å²) >= 11 is 1.78. The molecule has 18 heavy (non-hydrogen) atoms. The number of unbranched alkanes of at least 4 members (excludes halogenated alkanes) is 1. The molecule has 0 atom stereocenters. The van der Waals surface area contributed by atoms with Gasteiger partial charge in [-0.3, -0.25) is 4.98 Å². The minimum absolute atomic E-state index is 0.973. The highest BCUT2D eigenvalue weighted by Crippen LogP contribution is 2.40. The normalized spacial score (nSPS) is 16.8. The Kier molecular flexibility index (Phi) is 3.19. The van der Waals surface area contributed by atoms with Crippen LogP contribution in [-0.4, -0.2) is 22.1 Å². The van der Waals surface area contributed by atoms with Gasteiger partial charge in [-0.15, -0.1) is 0 Å². The smallest absolute Gasteiger partial charge is 0.0959 e. The third-order valence-corrected chi connectivity index (χ3v) is 4.05. The Hall–Kier alpha value is -1.55. The van der Waals surface area contributed by atoms with Gasteiger partial charge in [-0.1, -0.05) is 25.1 Å². The van der Waals surface area contributed by atoms with Gasteiger partial charge in [0.1, 0.15) is 0 Å². The zero-order valence-electron chi connectivity index (χ0n) is 10.3. The molecule has 0 spiro atoms. The molecule has 3 heterocycles. The second kappa shape index (κ2) is 4.98. The van der Waals surface area contributed by atoms with E-state index in [4.69, 9.17) is 0 Å². The minimum Gasteiger partial charge on any atom is -0.353 e. The maximum absolute atomic E-state index is 4.63. The summed E-state index contributed by atoms with van der Waals surface area (Å²) in [6.07, 6.45) is 12.5. The molecule has 0 aliphatic carbocycles. The maximum Gasteiger partial charge on any atom is 0.0959 e. The van der Waals surface area contributed by atoms with Crippen molar-refractivity contribution in [2.45, 2.75) is 24.7 Å². The number of fused-ring (bicyclic) bond motifs is 2. The number of thioether (sulfide) groups is 1. The minimum atomic E-state index is 0.973. The first-order valence-corrected chi connectivity index (χ1v) is 7.05. The second-order valence-corrected chi connectivity index (χ2v) is 5.43. The Bertz CT molecular complexity index is 546. The first kappa shape index (κ1) is 11.5. The van der Waals surface area contributed by atoms with Gasteiger partial charge in [0, 0.05) is 30.0 Å². The third kappa shape index (κ3) is 2.20. The molecule has 1 aromatic heterocycles. The van der Waals surface area contributed by atoms with Crippen LogP contribution in [0.5, 0.6) is 0 Å². The molecule has 3 nitrogen and oxygen atoms in total. The lowest BCUT2D eigenvalue weighted by atomic mass is 10.2. The van der Waals surface area contributed by atoms with Crippen molar-refractivity contribution in [2.75, 3.05) is 6.54 Å². The molecule has 0 fully saturated rings. The summed E-state index contributed by atoms with van der Waals surface area (Å²) in [4.78, 5) is 13.4. The molecule has 3 rings (SSSR count). The van der Waals surface area contributed by atoms with E-state index in [1.807, 2.05) is 18.5 Å². The van der Waals surface area contributed by atoms with Crippen LogP contribution in [0.15, 0.2) is 51.7 Å². The van der Waals surface area contributed by atoms with Crippen molar-refractivity contribution in [3.05, 3.63) is 41.8 Å². The molecule has 0 aromatic carbocycles. The van der Waals surface area contributed by atoms with Crippen LogP contribution >= 0.6 is 11.8 Å². The summed E-state index contributed by atoms with van der Waals surface area (Å²) in [5.41, 5.74) is 2.02. The van der Waals surface area contributed by atoms with Crippen LogP contribution < -0.4 is 0 Å². The average molecular weight is 257 g/mol. The largest absolute Gasteiger partial charge is 0.353 e. The van der Waals surface area contributed by atoms with Crippen molar-refractivity contribution in [3.63, 3.8) is 0 Å². The molecule has 92 valence electrons. The van der Waals surface area contributed by atoms with E-state index < -0.39 is 0 Å². The zero-order valence-corrected chi connectivity index (χ0v) is 11.2. The van der Waals surface area contributed by atoms with E-state index in [9.17, 15) is 0 Å². The van der Waals surface area contributed by atoms with Crippen molar-refractivity contribution in [3.8, 4) is 0 Å². The van der Waals surface area contributed by atoms with Crippen LogP contribution in [0, 0.1) is 0 Å². The molecule has 2 aliphatic heterocycles. The second-order valence-electron chi connectivity index (χ2n) is 4.34. The Morgan fingerprint density at radius 2 is 2.33 bits per heavy atom. The molecule has 1 aromatic rings. The topological polar surface area (TPSA) is 28.5 Å². The maximum atomic E-state index is 4.63. The van der Waals surface area contributed by atoms with Crippen LogP contribution in [0.25, 0.3) is 0 Å². The van der Waals surface area contributed by atoms with Crippen molar-refractivity contribution in [2.24, 2.45) is 4.99 Å². The van der Waals surface area contributed by atoms with Crippen molar-refractivity contribution >= 4 is 23.2 Å². The standard InChI is InChI=1S/C14H15N3S/c1-2-3-7-17-8-5-11-14(10-17)18-13-4-6-15-9-12(13)16-11/h4-6,8-10H,2-3,7H2,1H3. The predicted octanol–water partition coefficient (Wildman–Crippen LogP) is 3.73. The summed E-state index contributed by atoms with van der Waals surface area (Å²) in [5, 5.41) is 0. The van der Waals surface area contributed by atoms with Crippen molar-refractivity contribution in [1.82, 2.24) is 9.88 Å². The Morgan fingerprint density at radius 3 is 3.22 bits per heavy atom. The number of hydrogen-bond acceptors (Lipinski definition) is 4. The van der Waals surface area contributed by atoms with Crippen LogP contribution in [0.4, 0.5) is 5.69 Å². The fourth-order valence-electron chi connectivity index (χ4n) is 1.95. The van der Waals surface area contributed by atoms with E-state index in [1.54, 1.807) is 11.8 Å². The van der Waals surface area contributed by atoms with E-state index in [2.05, 4.69) is 40.3 Å². The van der Waals surface area contributed by atoms with Gasteiger partial charge in [-0.25, -0.2) is 4.99 Å². The highest BCUT2D eigenvalue weighted by Gasteiger charge is 2.19. The number of rotatable bonds is 3. The van der Waals surface area contributed by atoms with E-state index in [1.165, 1.54) is 22.6 Å². The number of aliphatic imine (C=N–C) groups is 1. The molecular formula is C14H15N3S. The number of nitrogens with zero attached hydrogens (tertiary/aromatic N) is 3. The summed E-state index contributed by atoms with van der Waals surface area (Å²) < 4.78 is 0. The lowest BCUT2D eigenvalue weighted by molar-refractivity contribution is 0.483. The number of aromatic nitrogens is 1. The lowest BCUT2D eigenvalue weighted by Crippen LogP contribution is -2.18. The number of hydrogen-bond donors (Lipinski definition) is 0. The van der Waals surface area contributed by atoms with Crippen LogP contribution in [0.3, 0.4) is 0 Å². The molecular weight excluding hydrogens is 242 g/mol. The van der Waals surface area contributed by atoms with Gasteiger partial charge in [-0.05, 0) is 18.6 Å². The highest BCUT2D eigenvalue weighted by molar-refractivity contribution is 8.04.